The monoisotopic (exact) mass is 444 g/mol. The van der Waals surface area contributed by atoms with Crippen LogP contribution in [0.1, 0.15) is 48.0 Å². The topological polar surface area (TPSA) is 86.9 Å². The van der Waals surface area contributed by atoms with Crippen LogP contribution in [0.15, 0.2) is 67.1 Å². The molecule has 2 aromatic carbocycles. The van der Waals surface area contributed by atoms with Crippen molar-refractivity contribution in [1.82, 2.24) is 24.5 Å². The Bertz CT molecular complexity index is 1230. The number of nitrogens with zero attached hydrogens (tertiary/aromatic N) is 5. The van der Waals surface area contributed by atoms with Gasteiger partial charge in [0, 0.05) is 6.20 Å². The molecule has 0 saturated heterocycles. The molecule has 0 saturated carbocycles. The zero-order valence-electron chi connectivity index (χ0n) is 19.3. The fraction of sp³-hybridized carbons (Fsp3) is 0.280. The van der Waals surface area contributed by atoms with E-state index in [0.717, 1.165) is 11.3 Å². The molecule has 0 fully saturated rings. The molecule has 4 aromatic rings. The van der Waals surface area contributed by atoms with E-state index in [-0.39, 0.29) is 29.7 Å². The Kier molecular flexibility index (Phi) is 6.26. The third kappa shape index (κ3) is 5.85. The summed E-state index contributed by atoms with van der Waals surface area (Å²) < 4.78 is 9.03. The Balaban J connectivity index is 1.31. The molecule has 8 nitrogen and oxygen atoms in total. The summed E-state index contributed by atoms with van der Waals surface area (Å²) >= 11 is 0. The molecule has 0 unspecified atom stereocenters. The maximum absolute atomic E-state index is 12.5. The van der Waals surface area contributed by atoms with Gasteiger partial charge in [0.25, 0.3) is 5.91 Å². The second-order valence-electron chi connectivity index (χ2n) is 9.00. The van der Waals surface area contributed by atoms with Crippen molar-refractivity contribution in [3.8, 4) is 5.75 Å². The van der Waals surface area contributed by atoms with E-state index in [1.54, 1.807) is 28.0 Å². The first-order valence-corrected chi connectivity index (χ1v) is 10.8. The molecule has 1 N–H and O–H groups in total. The number of rotatable bonds is 7. The molecule has 170 valence electrons. The van der Waals surface area contributed by atoms with Crippen LogP contribution in [-0.4, -0.2) is 30.5 Å². The number of aryl methyl sites for hydroxylation is 1. The summed E-state index contributed by atoms with van der Waals surface area (Å²) in [6, 6.07) is 17.8. The number of aromatic nitrogens is 5. The van der Waals surface area contributed by atoms with Crippen LogP contribution in [0.25, 0.3) is 0 Å². The molecule has 0 aliphatic rings. The molecule has 0 bridgehead atoms. The lowest BCUT2D eigenvalue weighted by Gasteiger charge is -2.19. The third-order valence-electron chi connectivity index (χ3n) is 5.15. The van der Waals surface area contributed by atoms with Gasteiger partial charge in [-0.25, -0.2) is 14.3 Å². The van der Waals surface area contributed by atoms with Crippen molar-refractivity contribution >= 4 is 11.9 Å². The summed E-state index contributed by atoms with van der Waals surface area (Å²) in [5.41, 5.74) is 3.89. The van der Waals surface area contributed by atoms with Crippen molar-refractivity contribution in [2.45, 2.75) is 46.4 Å². The number of hydrogen-bond donors (Lipinski definition) is 1. The van der Waals surface area contributed by atoms with Gasteiger partial charge >= 0.3 is 0 Å². The number of amides is 1. The molecule has 0 spiro atoms. The predicted molar refractivity (Wildman–Crippen MR) is 126 cm³/mol. The number of benzene rings is 2. The third-order valence-corrected chi connectivity index (χ3v) is 5.15. The summed E-state index contributed by atoms with van der Waals surface area (Å²) in [6.45, 7) is 9.33. The van der Waals surface area contributed by atoms with Crippen LogP contribution in [0.4, 0.5) is 5.95 Å². The highest BCUT2D eigenvalue weighted by Gasteiger charge is 2.14. The maximum atomic E-state index is 12.5. The summed E-state index contributed by atoms with van der Waals surface area (Å²) in [6.07, 6.45) is 3.29. The minimum atomic E-state index is -0.378. The van der Waals surface area contributed by atoms with Gasteiger partial charge in [0.15, 0.2) is 12.4 Å². The Morgan fingerprint density at radius 3 is 2.55 bits per heavy atom. The van der Waals surface area contributed by atoms with E-state index in [4.69, 9.17) is 4.74 Å². The van der Waals surface area contributed by atoms with E-state index in [0.29, 0.717) is 6.54 Å². The van der Waals surface area contributed by atoms with Gasteiger partial charge in [-0.3, -0.25) is 10.1 Å². The minimum absolute atomic E-state index is 0.0913. The fourth-order valence-corrected chi connectivity index (χ4v) is 3.34. The predicted octanol–water partition coefficient (Wildman–Crippen LogP) is 4.42. The first-order valence-electron chi connectivity index (χ1n) is 10.8. The first-order chi connectivity index (χ1) is 15.8. The molecule has 1 amide bonds. The average Bonchev–Trinajstić information content (AvgIpc) is 3.42. The van der Waals surface area contributed by atoms with Gasteiger partial charge in [-0.05, 0) is 41.7 Å². The summed E-state index contributed by atoms with van der Waals surface area (Å²) in [5, 5.41) is 11.3. The minimum Gasteiger partial charge on any atom is -0.471 e. The van der Waals surface area contributed by atoms with Gasteiger partial charge in [0.2, 0.25) is 5.95 Å². The van der Waals surface area contributed by atoms with Crippen molar-refractivity contribution in [1.29, 1.82) is 0 Å². The van der Waals surface area contributed by atoms with Gasteiger partial charge in [0.1, 0.15) is 12.1 Å². The molecule has 8 heteroatoms. The van der Waals surface area contributed by atoms with Gasteiger partial charge in [-0.15, -0.1) is 5.10 Å². The maximum Gasteiger partial charge on any atom is 0.278 e. The van der Waals surface area contributed by atoms with E-state index in [1.807, 2.05) is 37.3 Å². The molecular formula is C25H28N6O2. The molecule has 0 radical (unpaired) electrons. The van der Waals surface area contributed by atoms with Gasteiger partial charge in [-0.2, -0.15) is 5.10 Å². The lowest BCUT2D eigenvalue weighted by molar-refractivity contribution is 0.101. The van der Waals surface area contributed by atoms with E-state index in [1.165, 1.54) is 11.1 Å². The largest absolute Gasteiger partial charge is 0.471 e. The second kappa shape index (κ2) is 9.28. The SMILES string of the molecule is Cc1cccc(Cn2cnc(NC(=O)c3ccn(COc4ccc(C(C)(C)C)cc4)n3)n2)c1. The van der Waals surface area contributed by atoms with Crippen molar-refractivity contribution in [2.24, 2.45) is 0 Å². The zero-order valence-corrected chi connectivity index (χ0v) is 19.3. The van der Waals surface area contributed by atoms with Crippen LogP contribution in [0.2, 0.25) is 0 Å². The lowest BCUT2D eigenvalue weighted by Crippen LogP contribution is -2.15. The molecule has 2 heterocycles. The Morgan fingerprint density at radius 1 is 1.03 bits per heavy atom. The van der Waals surface area contributed by atoms with Crippen molar-refractivity contribution < 1.29 is 9.53 Å². The van der Waals surface area contributed by atoms with E-state index in [2.05, 4.69) is 59.5 Å². The lowest BCUT2D eigenvalue weighted by atomic mass is 9.87. The molecule has 33 heavy (non-hydrogen) atoms. The van der Waals surface area contributed by atoms with Crippen molar-refractivity contribution in [2.75, 3.05) is 5.32 Å². The molecule has 4 rings (SSSR count). The molecule has 0 aliphatic carbocycles. The van der Waals surface area contributed by atoms with Crippen LogP contribution in [-0.2, 0) is 18.7 Å². The first kappa shape index (κ1) is 22.3. The highest BCUT2D eigenvalue weighted by molar-refractivity contribution is 6.01. The van der Waals surface area contributed by atoms with Crippen LogP contribution in [0.5, 0.6) is 5.75 Å². The van der Waals surface area contributed by atoms with Gasteiger partial charge in [0.05, 0.1) is 6.54 Å². The number of nitrogens with one attached hydrogen (secondary N) is 1. The summed E-state index contributed by atoms with van der Waals surface area (Å²) in [7, 11) is 0. The van der Waals surface area contributed by atoms with E-state index in [9.17, 15) is 4.79 Å². The average molecular weight is 445 g/mol. The number of ether oxygens (including phenoxy) is 1. The quantitative estimate of drug-likeness (QED) is 0.456. The second-order valence-corrected chi connectivity index (χ2v) is 9.00. The Morgan fingerprint density at radius 2 is 1.82 bits per heavy atom. The molecule has 0 aliphatic heterocycles. The Hall–Kier alpha value is -3.94. The smallest absolute Gasteiger partial charge is 0.278 e. The number of carbonyl (C=O) groups excluding carboxylic acids is 1. The molecule has 0 atom stereocenters. The van der Waals surface area contributed by atoms with Gasteiger partial charge < -0.3 is 4.74 Å². The normalized spacial score (nSPS) is 11.4. The molecular weight excluding hydrogens is 416 g/mol. The number of carbonyl (C=O) groups is 1. The van der Waals surface area contributed by atoms with E-state index >= 15 is 0 Å². The number of hydrogen-bond acceptors (Lipinski definition) is 5. The fourth-order valence-electron chi connectivity index (χ4n) is 3.34. The summed E-state index contributed by atoms with van der Waals surface area (Å²) in [4.78, 5) is 16.7. The van der Waals surface area contributed by atoms with Crippen LogP contribution in [0, 0.1) is 6.92 Å². The van der Waals surface area contributed by atoms with Crippen molar-refractivity contribution in [3.05, 3.63) is 89.5 Å². The Labute approximate surface area is 193 Å². The summed E-state index contributed by atoms with van der Waals surface area (Å²) in [5.74, 6) is 0.599. The van der Waals surface area contributed by atoms with Gasteiger partial charge in [-0.1, -0.05) is 62.7 Å². The van der Waals surface area contributed by atoms with Crippen molar-refractivity contribution in [3.63, 3.8) is 0 Å². The molecule has 2 aromatic heterocycles. The van der Waals surface area contributed by atoms with E-state index < -0.39 is 0 Å². The van der Waals surface area contributed by atoms with Crippen LogP contribution >= 0.6 is 0 Å². The highest BCUT2D eigenvalue weighted by atomic mass is 16.5. The van der Waals surface area contributed by atoms with Crippen LogP contribution in [0.3, 0.4) is 0 Å². The zero-order chi connectivity index (χ0) is 23.4. The van der Waals surface area contributed by atoms with Crippen LogP contribution < -0.4 is 10.1 Å². The highest BCUT2D eigenvalue weighted by Crippen LogP contribution is 2.24. The standard InChI is InChI=1S/C25H28N6O2/c1-18-6-5-7-19(14-18)15-31-16-26-24(29-31)27-23(32)22-12-13-30(28-22)17-33-21-10-8-20(9-11-21)25(2,3)4/h5-14,16H,15,17H2,1-4H3,(H,27,29,32). The number of anilines is 1.